The third-order valence-electron chi connectivity index (χ3n) is 2.49. The molecule has 82 valence electrons. The van der Waals surface area contributed by atoms with Crippen molar-refractivity contribution in [3.63, 3.8) is 0 Å². The molecule has 2 rings (SSSR count). The molecule has 15 heavy (non-hydrogen) atoms. The molecule has 0 fully saturated rings. The minimum Gasteiger partial charge on any atom is -0.307 e. The molecule has 1 aliphatic rings. The highest BCUT2D eigenvalue weighted by Gasteiger charge is 2.34. The van der Waals surface area contributed by atoms with Crippen LogP contribution in [0.25, 0.3) is 0 Å². The summed E-state index contributed by atoms with van der Waals surface area (Å²) in [6.07, 6.45) is 0.549. The molecule has 1 amide bonds. The van der Waals surface area contributed by atoms with Crippen molar-refractivity contribution in [1.82, 2.24) is 0 Å². The van der Waals surface area contributed by atoms with Gasteiger partial charge in [-0.1, -0.05) is 18.2 Å². The monoisotopic (exact) mass is 269 g/mol. The predicted molar refractivity (Wildman–Crippen MR) is 67.7 cm³/mol. The first-order chi connectivity index (χ1) is 6.50. The molecule has 1 heterocycles. The van der Waals surface area contributed by atoms with E-state index in [-0.39, 0.29) is 28.4 Å². The molecule has 0 saturated heterocycles. The number of carbonyl (C=O) groups is 1. The zero-order valence-corrected chi connectivity index (χ0v) is 11.0. The normalized spacial score (nSPS) is 14.9. The summed E-state index contributed by atoms with van der Waals surface area (Å²) in [7, 11) is 0. The standard InChI is InChI=1S/C12H15NO.BrH/c1-12(2,3)13-10-7-5-4-6-9(10)8-11(13)14;/h4-7H,8H2,1-3H3;1H. The van der Waals surface area contributed by atoms with E-state index in [1.807, 2.05) is 29.2 Å². The van der Waals surface area contributed by atoms with Crippen molar-refractivity contribution < 1.29 is 4.79 Å². The molecule has 2 nitrogen and oxygen atoms in total. The Morgan fingerprint density at radius 3 is 2.40 bits per heavy atom. The third kappa shape index (κ3) is 2.07. The molecule has 1 aromatic carbocycles. The Kier molecular flexibility index (Phi) is 3.24. The van der Waals surface area contributed by atoms with Crippen LogP contribution in [0.3, 0.4) is 0 Å². The summed E-state index contributed by atoms with van der Waals surface area (Å²) in [6.45, 7) is 6.19. The Hall–Kier alpha value is -0.830. The first-order valence-corrected chi connectivity index (χ1v) is 4.91. The molecular weight excluding hydrogens is 254 g/mol. The molecule has 1 aliphatic heterocycles. The highest BCUT2D eigenvalue weighted by molar-refractivity contribution is 8.93. The largest absolute Gasteiger partial charge is 0.307 e. The summed E-state index contributed by atoms with van der Waals surface area (Å²) in [4.78, 5) is 13.7. The zero-order valence-electron chi connectivity index (χ0n) is 9.28. The maximum Gasteiger partial charge on any atom is 0.231 e. The second kappa shape index (κ2) is 3.97. The van der Waals surface area contributed by atoms with Crippen LogP contribution in [-0.4, -0.2) is 11.4 Å². The topological polar surface area (TPSA) is 20.3 Å². The summed E-state index contributed by atoms with van der Waals surface area (Å²) in [5.41, 5.74) is 2.10. The van der Waals surface area contributed by atoms with E-state index in [4.69, 9.17) is 0 Å². The van der Waals surface area contributed by atoms with Gasteiger partial charge in [0, 0.05) is 11.2 Å². The maximum absolute atomic E-state index is 11.8. The SMILES string of the molecule is Br.CC(C)(C)N1C(=O)Cc2ccccc21. The number of benzene rings is 1. The highest BCUT2D eigenvalue weighted by Crippen LogP contribution is 2.33. The first kappa shape index (κ1) is 12.2. The van der Waals surface area contributed by atoms with Crippen molar-refractivity contribution in [3.8, 4) is 0 Å². The Morgan fingerprint density at radius 2 is 1.80 bits per heavy atom. The van der Waals surface area contributed by atoms with Crippen LogP contribution in [0.4, 0.5) is 5.69 Å². The smallest absolute Gasteiger partial charge is 0.231 e. The second-order valence-corrected chi connectivity index (χ2v) is 4.71. The van der Waals surface area contributed by atoms with Crippen molar-refractivity contribution in [3.05, 3.63) is 29.8 Å². The highest BCUT2D eigenvalue weighted by atomic mass is 79.9. The van der Waals surface area contributed by atoms with Gasteiger partial charge in [0.15, 0.2) is 0 Å². The summed E-state index contributed by atoms with van der Waals surface area (Å²) < 4.78 is 0. The Balaban J connectivity index is 0.00000112. The molecule has 0 bridgehead atoms. The van der Waals surface area contributed by atoms with E-state index in [1.165, 1.54) is 0 Å². The van der Waals surface area contributed by atoms with Crippen LogP contribution in [0.5, 0.6) is 0 Å². The van der Waals surface area contributed by atoms with Crippen LogP contribution in [0.2, 0.25) is 0 Å². The van der Waals surface area contributed by atoms with E-state index in [2.05, 4.69) is 20.8 Å². The third-order valence-corrected chi connectivity index (χ3v) is 2.49. The molecular formula is C12H16BrNO. The van der Waals surface area contributed by atoms with Gasteiger partial charge in [-0.3, -0.25) is 4.79 Å². The number of anilines is 1. The van der Waals surface area contributed by atoms with Gasteiger partial charge in [0.25, 0.3) is 0 Å². The van der Waals surface area contributed by atoms with E-state index in [0.29, 0.717) is 6.42 Å². The van der Waals surface area contributed by atoms with Crippen LogP contribution in [-0.2, 0) is 11.2 Å². The van der Waals surface area contributed by atoms with Gasteiger partial charge in [-0.15, -0.1) is 17.0 Å². The lowest BCUT2D eigenvalue weighted by Crippen LogP contribution is -2.43. The molecule has 0 aromatic heterocycles. The summed E-state index contributed by atoms with van der Waals surface area (Å²) in [6, 6.07) is 8.01. The fourth-order valence-electron chi connectivity index (χ4n) is 1.99. The van der Waals surface area contributed by atoms with Crippen molar-refractivity contribution in [2.24, 2.45) is 0 Å². The zero-order chi connectivity index (χ0) is 10.3. The Morgan fingerprint density at radius 1 is 1.20 bits per heavy atom. The van der Waals surface area contributed by atoms with Crippen molar-refractivity contribution in [1.29, 1.82) is 0 Å². The van der Waals surface area contributed by atoms with Crippen LogP contribution < -0.4 is 4.90 Å². The average Bonchev–Trinajstić information content (AvgIpc) is 2.38. The van der Waals surface area contributed by atoms with E-state index < -0.39 is 0 Å². The fourth-order valence-corrected chi connectivity index (χ4v) is 1.99. The van der Waals surface area contributed by atoms with Crippen LogP contribution in [0.1, 0.15) is 26.3 Å². The average molecular weight is 270 g/mol. The molecule has 0 saturated carbocycles. The lowest BCUT2D eigenvalue weighted by atomic mass is 10.1. The maximum atomic E-state index is 11.8. The lowest BCUT2D eigenvalue weighted by Gasteiger charge is -2.32. The molecule has 1 aromatic rings. The molecule has 0 radical (unpaired) electrons. The van der Waals surface area contributed by atoms with Gasteiger partial charge in [-0.25, -0.2) is 0 Å². The predicted octanol–water partition coefficient (Wildman–Crippen LogP) is 2.95. The number of hydrogen-bond acceptors (Lipinski definition) is 1. The van der Waals surface area contributed by atoms with Gasteiger partial charge in [0.2, 0.25) is 5.91 Å². The van der Waals surface area contributed by atoms with Gasteiger partial charge in [-0.05, 0) is 32.4 Å². The van der Waals surface area contributed by atoms with Gasteiger partial charge >= 0.3 is 0 Å². The van der Waals surface area contributed by atoms with Gasteiger partial charge < -0.3 is 4.90 Å². The van der Waals surface area contributed by atoms with E-state index in [9.17, 15) is 4.79 Å². The number of halogens is 1. The number of nitrogens with zero attached hydrogens (tertiary/aromatic N) is 1. The molecule has 3 heteroatoms. The number of amides is 1. The van der Waals surface area contributed by atoms with Crippen molar-refractivity contribution in [2.45, 2.75) is 32.7 Å². The fraction of sp³-hybridized carbons (Fsp3) is 0.417. The summed E-state index contributed by atoms with van der Waals surface area (Å²) >= 11 is 0. The number of carbonyl (C=O) groups excluding carboxylic acids is 1. The van der Waals surface area contributed by atoms with E-state index in [0.717, 1.165) is 11.3 Å². The van der Waals surface area contributed by atoms with Crippen LogP contribution in [0.15, 0.2) is 24.3 Å². The summed E-state index contributed by atoms with van der Waals surface area (Å²) in [5, 5.41) is 0. The van der Waals surface area contributed by atoms with Crippen molar-refractivity contribution >= 4 is 28.6 Å². The molecule has 0 N–H and O–H groups in total. The second-order valence-electron chi connectivity index (χ2n) is 4.71. The number of para-hydroxylation sites is 1. The van der Waals surface area contributed by atoms with Crippen molar-refractivity contribution in [2.75, 3.05) is 4.90 Å². The van der Waals surface area contributed by atoms with E-state index in [1.54, 1.807) is 0 Å². The Bertz CT molecular complexity index is 381. The molecule has 0 aliphatic carbocycles. The van der Waals surface area contributed by atoms with Gasteiger partial charge in [0.1, 0.15) is 0 Å². The minimum atomic E-state index is -0.121. The van der Waals surface area contributed by atoms with Gasteiger partial charge in [0.05, 0.1) is 6.42 Å². The Labute approximate surface area is 101 Å². The first-order valence-electron chi connectivity index (χ1n) is 4.91. The lowest BCUT2D eigenvalue weighted by molar-refractivity contribution is -0.118. The van der Waals surface area contributed by atoms with E-state index >= 15 is 0 Å². The minimum absolute atomic E-state index is 0. The molecule has 0 unspecified atom stereocenters. The number of fused-ring (bicyclic) bond motifs is 1. The molecule has 0 spiro atoms. The number of hydrogen-bond donors (Lipinski definition) is 0. The quantitative estimate of drug-likeness (QED) is 0.709. The van der Waals surface area contributed by atoms with Crippen LogP contribution >= 0.6 is 17.0 Å². The van der Waals surface area contributed by atoms with Gasteiger partial charge in [-0.2, -0.15) is 0 Å². The van der Waals surface area contributed by atoms with Crippen LogP contribution in [0, 0.1) is 0 Å². The summed E-state index contributed by atoms with van der Waals surface area (Å²) in [5.74, 6) is 0.207. The number of rotatable bonds is 0. The molecule has 0 atom stereocenters.